The van der Waals surface area contributed by atoms with Crippen LogP contribution in [0.4, 0.5) is 4.79 Å². The standard InChI is InChI=1S/C27H30N2O3/c1-3-20(2)25(26(30)29-27(31)32-19-22-10-6-4-7-11-22)28-18-21-14-16-24(17-15-21)23-12-8-5-9-13-23/h4-17,20,25,28H,3,18-19H2,1-2H3,(H,29,30,31)/t20-,25-/m0/s1. The monoisotopic (exact) mass is 430 g/mol. The van der Waals surface area contributed by atoms with Crippen molar-refractivity contribution in [1.82, 2.24) is 10.6 Å². The van der Waals surface area contributed by atoms with Crippen LogP contribution < -0.4 is 10.6 Å². The van der Waals surface area contributed by atoms with Crippen LogP contribution in [0.1, 0.15) is 31.4 Å². The number of ether oxygens (including phenoxy) is 1. The van der Waals surface area contributed by atoms with Gasteiger partial charge in [0.15, 0.2) is 0 Å². The largest absolute Gasteiger partial charge is 0.444 e. The second-order valence-electron chi connectivity index (χ2n) is 7.86. The Balaban J connectivity index is 1.55. The predicted molar refractivity (Wildman–Crippen MR) is 127 cm³/mol. The van der Waals surface area contributed by atoms with Crippen molar-refractivity contribution in [2.45, 2.75) is 39.5 Å². The first-order chi connectivity index (χ1) is 15.6. The van der Waals surface area contributed by atoms with E-state index < -0.39 is 12.1 Å². The molecule has 5 heteroatoms. The summed E-state index contributed by atoms with van der Waals surface area (Å²) in [4.78, 5) is 24.9. The molecule has 2 atom stereocenters. The Morgan fingerprint density at radius 2 is 1.41 bits per heavy atom. The molecule has 0 radical (unpaired) electrons. The van der Waals surface area contributed by atoms with Crippen molar-refractivity contribution in [3.63, 3.8) is 0 Å². The highest BCUT2D eigenvalue weighted by Gasteiger charge is 2.25. The predicted octanol–water partition coefficient (Wildman–Crippen LogP) is 5.31. The van der Waals surface area contributed by atoms with Crippen molar-refractivity contribution < 1.29 is 14.3 Å². The zero-order valence-corrected chi connectivity index (χ0v) is 18.6. The van der Waals surface area contributed by atoms with Gasteiger partial charge in [0, 0.05) is 6.54 Å². The lowest BCUT2D eigenvalue weighted by molar-refractivity contribution is -0.123. The van der Waals surface area contributed by atoms with Gasteiger partial charge in [-0.1, -0.05) is 105 Å². The van der Waals surface area contributed by atoms with E-state index in [0.717, 1.165) is 28.7 Å². The summed E-state index contributed by atoms with van der Waals surface area (Å²) in [5, 5.41) is 5.67. The molecular weight excluding hydrogens is 400 g/mol. The molecule has 0 heterocycles. The lowest BCUT2D eigenvalue weighted by Gasteiger charge is -2.23. The molecule has 0 aromatic heterocycles. The van der Waals surface area contributed by atoms with Gasteiger partial charge in [-0.15, -0.1) is 0 Å². The van der Waals surface area contributed by atoms with Crippen LogP contribution in [-0.2, 0) is 22.7 Å². The zero-order chi connectivity index (χ0) is 22.8. The fraction of sp³-hybridized carbons (Fsp3) is 0.259. The summed E-state index contributed by atoms with van der Waals surface area (Å²) in [5.74, 6) is -0.321. The fourth-order valence-corrected chi connectivity index (χ4v) is 3.40. The van der Waals surface area contributed by atoms with Gasteiger partial charge in [0.05, 0.1) is 6.04 Å². The molecule has 0 aliphatic carbocycles. The first-order valence-corrected chi connectivity index (χ1v) is 11.0. The van der Waals surface area contributed by atoms with E-state index >= 15 is 0 Å². The van der Waals surface area contributed by atoms with E-state index in [9.17, 15) is 9.59 Å². The topological polar surface area (TPSA) is 67.4 Å². The number of hydrogen-bond donors (Lipinski definition) is 2. The van der Waals surface area contributed by atoms with Crippen LogP contribution >= 0.6 is 0 Å². The molecular formula is C27H30N2O3. The van der Waals surface area contributed by atoms with E-state index in [0.29, 0.717) is 6.54 Å². The van der Waals surface area contributed by atoms with Crippen molar-refractivity contribution in [3.8, 4) is 11.1 Å². The molecule has 3 rings (SSSR count). The minimum Gasteiger partial charge on any atom is -0.444 e. The van der Waals surface area contributed by atoms with Gasteiger partial charge in [-0.05, 0) is 28.2 Å². The number of alkyl carbamates (subject to hydrolysis) is 1. The molecule has 166 valence electrons. The minimum absolute atomic E-state index is 0.0560. The van der Waals surface area contributed by atoms with Crippen LogP contribution in [0, 0.1) is 5.92 Å². The molecule has 0 aliphatic rings. The van der Waals surface area contributed by atoms with Gasteiger partial charge in [0.2, 0.25) is 5.91 Å². The zero-order valence-electron chi connectivity index (χ0n) is 18.6. The highest BCUT2D eigenvalue weighted by molar-refractivity contribution is 5.95. The van der Waals surface area contributed by atoms with Crippen molar-refractivity contribution in [2.24, 2.45) is 5.92 Å². The Kier molecular flexibility index (Phi) is 8.58. The first-order valence-electron chi connectivity index (χ1n) is 11.0. The number of nitrogens with one attached hydrogen (secondary N) is 2. The van der Waals surface area contributed by atoms with Crippen LogP contribution in [0.3, 0.4) is 0 Å². The van der Waals surface area contributed by atoms with E-state index in [-0.39, 0.29) is 18.4 Å². The van der Waals surface area contributed by atoms with Crippen LogP contribution in [0.15, 0.2) is 84.9 Å². The summed E-state index contributed by atoms with van der Waals surface area (Å²) in [6.07, 6.45) is 0.0676. The third-order valence-corrected chi connectivity index (χ3v) is 5.52. The van der Waals surface area contributed by atoms with Crippen molar-refractivity contribution in [2.75, 3.05) is 0 Å². The Morgan fingerprint density at radius 1 is 0.812 bits per heavy atom. The van der Waals surface area contributed by atoms with E-state index in [2.05, 4.69) is 47.0 Å². The van der Waals surface area contributed by atoms with Gasteiger partial charge in [0.1, 0.15) is 6.61 Å². The molecule has 0 unspecified atom stereocenters. The van der Waals surface area contributed by atoms with Crippen LogP contribution in [-0.4, -0.2) is 18.0 Å². The van der Waals surface area contributed by atoms with Gasteiger partial charge >= 0.3 is 6.09 Å². The maximum absolute atomic E-state index is 12.8. The summed E-state index contributed by atoms with van der Waals surface area (Å²) in [7, 11) is 0. The fourth-order valence-electron chi connectivity index (χ4n) is 3.40. The normalized spacial score (nSPS) is 12.6. The number of imide groups is 1. The summed E-state index contributed by atoms with van der Waals surface area (Å²) >= 11 is 0. The van der Waals surface area contributed by atoms with Gasteiger partial charge in [0.25, 0.3) is 0 Å². The van der Waals surface area contributed by atoms with Gasteiger partial charge in [-0.3, -0.25) is 10.1 Å². The van der Waals surface area contributed by atoms with Gasteiger partial charge in [-0.25, -0.2) is 4.79 Å². The van der Waals surface area contributed by atoms with E-state index in [1.165, 1.54) is 0 Å². The van der Waals surface area contributed by atoms with Crippen LogP contribution in [0.5, 0.6) is 0 Å². The third-order valence-electron chi connectivity index (χ3n) is 5.52. The number of carbonyl (C=O) groups excluding carboxylic acids is 2. The van der Waals surface area contributed by atoms with Crippen LogP contribution in [0.25, 0.3) is 11.1 Å². The SMILES string of the molecule is CC[C@H](C)[C@H](NCc1ccc(-c2ccccc2)cc1)C(=O)NC(=O)OCc1ccccc1. The maximum Gasteiger partial charge on any atom is 0.414 e. The van der Waals surface area contributed by atoms with Crippen molar-refractivity contribution in [1.29, 1.82) is 0 Å². The second-order valence-corrected chi connectivity index (χ2v) is 7.86. The molecule has 0 saturated heterocycles. The molecule has 3 aromatic rings. The van der Waals surface area contributed by atoms with Crippen molar-refractivity contribution >= 4 is 12.0 Å². The molecule has 0 spiro atoms. The number of hydrogen-bond acceptors (Lipinski definition) is 4. The average molecular weight is 431 g/mol. The quantitative estimate of drug-likeness (QED) is 0.483. The third kappa shape index (κ3) is 6.79. The molecule has 0 bridgehead atoms. The summed E-state index contributed by atoms with van der Waals surface area (Å²) in [6, 6.07) is 27.3. The lowest BCUT2D eigenvalue weighted by atomic mass is 9.98. The van der Waals surface area contributed by atoms with E-state index in [4.69, 9.17) is 4.74 Å². The summed E-state index contributed by atoms with van der Waals surface area (Å²) in [6.45, 7) is 4.66. The number of rotatable bonds is 9. The molecule has 2 amide bonds. The van der Waals surface area contributed by atoms with E-state index in [1.54, 1.807) is 0 Å². The van der Waals surface area contributed by atoms with E-state index in [1.807, 2.05) is 62.4 Å². The second kappa shape index (κ2) is 11.8. The summed E-state index contributed by atoms with van der Waals surface area (Å²) in [5.41, 5.74) is 4.24. The number of carbonyl (C=O) groups is 2. The Hall–Kier alpha value is -3.44. The number of amides is 2. The maximum atomic E-state index is 12.8. The molecule has 0 saturated carbocycles. The smallest absolute Gasteiger partial charge is 0.414 e. The Morgan fingerprint density at radius 3 is 2.03 bits per heavy atom. The minimum atomic E-state index is -0.735. The number of benzene rings is 3. The highest BCUT2D eigenvalue weighted by Crippen LogP contribution is 2.19. The molecule has 3 aromatic carbocycles. The molecule has 0 fully saturated rings. The molecule has 32 heavy (non-hydrogen) atoms. The Labute approximate surface area is 189 Å². The van der Waals surface area contributed by atoms with Crippen LogP contribution in [0.2, 0.25) is 0 Å². The lowest BCUT2D eigenvalue weighted by Crippen LogP contribution is -2.49. The highest BCUT2D eigenvalue weighted by atomic mass is 16.5. The average Bonchev–Trinajstić information content (AvgIpc) is 2.84. The molecule has 5 nitrogen and oxygen atoms in total. The van der Waals surface area contributed by atoms with Crippen molar-refractivity contribution in [3.05, 3.63) is 96.1 Å². The molecule has 2 N–H and O–H groups in total. The molecule has 0 aliphatic heterocycles. The Bertz CT molecular complexity index is 988. The first kappa shape index (κ1) is 23.2. The van der Waals surface area contributed by atoms with Gasteiger partial charge < -0.3 is 10.1 Å². The van der Waals surface area contributed by atoms with Gasteiger partial charge in [-0.2, -0.15) is 0 Å². The summed E-state index contributed by atoms with van der Waals surface area (Å²) < 4.78 is 5.18.